The Labute approximate surface area is 118 Å². The summed E-state index contributed by atoms with van der Waals surface area (Å²) in [7, 11) is 1.64. The maximum Gasteiger partial charge on any atom is 0.205 e. The summed E-state index contributed by atoms with van der Waals surface area (Å²) in [5.41, 5.74) is 8.82. The van der Waals surface area contributed by atoms with E-state index in [1.807, 2.05) is 47.0 Å². The van der Waals surface area contributed by atoms with Gasteiger partial charge in [-0.25, -0.2) is 4.98 Å². The average molecular weight is 318 g/mol. The van der Waals surface area contributed by atoms with Crippen molar-refractivity contribution in [3.8, 4) is 11.4 Å². The molecule has 0 fully saturated rings. The van der Waals surface area contributed by atoms with Crippen molar-refractivity contribution < 1.29 is 4.74 Å². The number of halogens is 1. The molecule has 0 aliphatic rings. The van der Waals surface area contributed by atoms with Crippen molar-refractivity contribution in [1.29, 1.82) is 0 Å². The molecule has 2 N–H and O–H groups in total. The van der Waals surface area contributed by atoms with E-state index in [0.717, 1.165) is 26.9 Å². The first-order chi connectivity index (χ1) is 9.20. The molecule has 0 saturated carbocycles. The third-order valence-corrected chi connectivity index (χ3v) is 3.60. The number of nitrogen functional groups attached to an aromatic ring is 1. The lowest BCUT2D eigenvalue weighted by Crippen LogP contribution is -2.00. The molecule has 0 aliphatic carbocycles. The Bertz CT molecular complexity index is 752. The topological polar surface area (TPSA) is 53.1 Å². The molecule has 0 saturated heterocycles. The predicted octanol–water partition coefficient (Wildman–Crippen LogP) is 3.38. The minimum absolute atomic E-state index is 0.471. The molecule has 1 heterocycles. The molecule has 0 unspecified atom stereocenters. The number of hydrogen-bond donors (Lipinski definition) is 1. The van der Waals surface area contributed by atoms with E-state index in [2.05, 4.69) is 20.9 Å². The maximum absolute atomic E-state index is 6.01. The Morgan fingerprint density at radius 2 is 2.00 bits per heavy atom. The van der Waals surface area contributed by atoms with Crippen LogP contribution in [0.25, 0.3) is 16.7 Å². The molecule has 0 spiro atoms. The Balaban J connectivity index is 2.24. The molecule has 1 aromatic heterocycles. The molecule has 19 heavy (non-hydrogen) atoms. The van der Waals surface area contributed by atoms with Crippen LogP contribution in [0.2, 0.25) is 0 Å². The molecule has 3 rings (SSSR count). The normalized spacial score (nSPS) is 10.8. The van der Waals surface area contributed by atoms with Crippen molar-refractivity contribution in [3.05, 3.63) is 46.9 Å². The highest BCUT2D eigenvalue weighted by atomic mass is 79.9. The van der Waals surface area contributed by atoms with Crippen molar-refractivity contribution >= 4 is 32.9 Å². The van der Waals surface area contributed by atoms with E-state index >= 15 is 0 Å². The Morgan fingerprint density at radius 3 is 2.74 bits per heavy atom. The molecule has 0 amide bonds. The molecule has 0 atom stereocenters. The quantitative estimate of drug-likeness (QED) is 0.788. The fourth-order valence-electron chi connectivity index (χ4n) is 2.11. The second-order valence-electron chi connectivity index (χ2n) is 4.11. The van der Waals surface area contributed by atoms with Crippen LogP contribution in [0.4, 0.5) is 5.95 Å². The Kier molecular flexibility index (Phi) is 2.91. The predicted molar refractivity (Wildman–Crippen MR) is 79.7 cm³/mol. The molecular formula is C14H12BrN3O. The lowest BCUT2D eigenvalue weighted by molar-refractivity contribution is 0.412. The number of aromatic nitrogens is 2. The van der Waals surface area contributed by atoms with Crippen LogP contribution in [0.1, 0.15) is 0 Å². The number of fused-ring (bicyclic) bond motifs is 1. The lowest BCUT2D eigenvalue weighted by atomic mass is 10.2. The van der Waals surface area contributed by atoms with Gasteiger partial charge >= 0.3 is 0 Å². The van der Waals surface area contributed by atoms with Gasteiger partial charge in [0.25, 0.3) is 0 Å². The maximum atomic E-state index is 6.01. The van der Waals surface area contributed by atoms with Crippen molar-refractivity contribution in [2.45, 2.75) is 0 Å². The van der Waals surface area contributed by atoms with E-state index in [1.54, 1.807) is 7.11 Å². The van der Waals surface area contributed by atoms with Crippen molar-refractivity contribution in [2.24, 2.45) is 0 Å². The van der Waals surface area contributed by atoms with Gasteiger partial charge in [-0.1, -0.05) is 12.1 Å². The number of nitrogens with zero attached hydrogens (tertiary/aromatic N) is 2. The second kappa shape index (κ2) is 4.59. The van der Waals surface area contributed by atoms with E-state index in [-0.39, 0.29) is 0 Å². The van der Waals surface area contributed by atoms with E-state index in [4.69, 9.17) is 10.5 Å². The summed E-state index contributed by atoms with van der Waals surface area (Å²) in [6, 6.07) is 13.7. The summed E-state index contributed by atoms with van der Waals surface area (Å²) in [6.45, 7) is 0. The van der Waals surface area contributed by atoms with Gasteiger partial charge < -0.3 is 10.5 Å². The molecule has 0 bridgehead atoms. The van der Waals surface area contributed by atoms with Crippen LogP contribution in [0, 0.1) is 0 Å². The van der Waals surface area contributed by atoms with Crippen LogP contribution in [0.5, 0.6) is 5.75 Å². The van der Waals surface area contributed by atoms with E-state index in [0.29, 0.717) is 5.95 Å². The summed E-state index contributed by atoms with van der Waals surface area (Å²) in [4.78, 5) is 4.36. The lowest BCUT2D eigenvalue weighted by Gasteiger charge is -2.09. The fourth-order valence-corrected chi connectivity index (χ4v) is 2.64. The number of methoxy groups -OCH3 is 1. The van der Waals surface area contributed by atoms with Crippen LogP contribution in [-0.4, -0.2) is 16.7 Å². The average Bonchev–Trinajstić information content (AvgIpc) is 2.74. The number of para-hydroxylation sites is 2. The summed E-state index contributed by atoms with van der Waals surface area (Å²) in [6.07, 6.45) is 0. The number of hydrogen-bond acceptors (Lipinski definition) is 3. The third kappa shape index (κ3) is 1.96. The first-order valence-corrected chi connectivity index (χ1v) is 6.57. The van der Waals surface area contributed by atoms with Gasteiger partial charge in [0, 0.05) is 0 Å². The van der Waals surface area contributed by atoms with E-state index < -0.39 is 0 Å². The zero-order valence-corrected chi connectivity index (χ0v) is 11.9. The molecule has 0 radical (unpaired) electrons. The molecule has 3 aromatic rings. The zero-order valence-electron chi connectivity index (χ0n) is 10.3. The van der Waals surface area contributed by atoms with Gasteiger partial charge in [0.2, 0.25) is 5.95 Å². The van der Waals surface area contributed by atoms with Crippen LogP contribution in [-0.2, 0) is 0 Å². The highest BCUT2D eigenvalue weighted by Crippen LogP contribution is 2.30. The third-order valence-electron chi connectivity index (χ3n) is 2.98. The minimum Gasteiger partial charge on any atom is -0.496 e. The van der Waals surface area contributed by atoms with Gasteiger partial charge in [0.1, 0.15) is 5.75 Å². The molecule has 96 valence electrons. The van der Waals surface area contributed by atoms with Crippen molar-refractivity contribution in [2.75, 3.05) is 12.8 Å². The number of ether oxygens (including phenoxy) is 1. The van der Waals surface area contributed by atoms with Crippen LogP contribution in [0.3, 0.4) is 0 Å². The van der Waals surface area contributed by atoms with Crippen LogP contribution < -0.4 is 10.5 Å². The van der Waals surface area contributed by atoms with Gasteiger partial charge in [-0.2, -0.15) is 0 Å². The number of imidazole rings is 1. The van der Waals surface area contributed by atoms with Crippen molar-refractivity contribution in [3.63, 3.8) is 0 Å². The monoisotopic (exact) mass is 317 g/mol. The smallest absolute Gasteiger partial charge is 0.205 e. The number of benzene rings is 2. The number of anilines is 1. The number of rotatable bonds is 2. The fraction of sp³-hybridized carbons (Fsp3) is 0.0714. The molecule has 2 aromatic carbocycles. The molecule has 0 aliphatic heterocycles. The van der Waals surface area contributed by atoms with Crippen molar-refractivity contribution in [1.82, 2.24) is 9.55 Å². The highest BCUT2D eigenvalue weighted by Gasteiger charge is 2.10. The Morgan fingerprint density at radius 1 is 1.21 bits per heavy atom. The first-order valence-electron chi connectivity index (χ1n) is 5.77. The minimum atomic E-state index is 0.471. The summed E-state index contributed by atoms with van der Waals surface area (Å²) in [5, 5.41) is 0. The molecule has 5 heteroatoms. The van der Waals surface area contributed by atoms with Gasteiger partial charge in [-0.15, -0.1) is 0 Å². The van der Waals surface area contributed by atoms with E-state index in [9.17, 15) is 0 Å². The first kappa shape index (κ1) is 12.0. The number of nitrogens with two attached hydrogens (primary N) is 1. The SMILES string of the molecule is COc1ccc(-n2c(N)nc3ccccc32)cc1Br. The van der Waals surface area contributed by atoms with Crippen LogP contribution >= 0.6 is 15.9 Å². The standard InChI is InChI=1S/C14H12BrN3O/c1-19-13-7-6-9(8-10(13)15)18-12-5-3-2-4-11(12)17-14(18)16/h2-8H,1H3,(H2,16,17). The van der Waals surface area contributed by atoms with Crippen LogP contribution in [0.15, 0.2) is 46.9 Å². The largest absolute Gasteiger partial charge is 0.496 e. The van der Waals surface area contributed by atoms with E-state index in [1.165, 1.54) is 0 Å². The molecular weight excluding hydrogens is 306 g/mol. The zero-order chi connectivity index (χ0) is 13.4. The summed E-state index contributed by atoms with van der Waals surface area (Å²) in [5.74, 6) is 1.25. The highest BCUT2D eigenvalue weighted by molar-refractivity contribution is 9.10. The summed E-state index contributed by atoms with van der Waals surface area (Å²) >= 11 is 3.48. The van der Waals surface area contributed by atoms with Gasteiger partial charge in [-0.3, -0.25) is 4.57 Å². The molecule has 4 nitrogen and oxygen atoms in total. The Hall–Kier alpha value is -2.01. The second-order valence-corrected chi connectivity index (χ2v) is 4.97. The van der Waals surface area contributed by atoms with Gasteiger partial charge in [0.05, 0.1) is 28.3 Å². The summed E-state index contributed by atoms with van der Waals surface area (Å²) < 4.78 is 8.03. The van der Waals surface area contributed by atoms with Gasteiger partial charge in [0.15, 0.2) is 0 Å². The van der Waals surface area contributed by atoms with Gasteiger partial charge in [-0.05, 0) is 46.3 Å².